The van der Waals surface area contributed by atoms with E-state index in [0.717, 1.165) is 16.7 Å². The number of Topliss-reactive ketones (excluding diaryl/α,β-unsaturated/α-hetero) is 1. The van der Waals surface area contributed by atoms with Crippen molar-refractivity contribution in [3.05, 3.63) is 118 Å². The van der Waals surface area contributed by atoms with Crippen LogP contribution < -0.4 is 0 Å². The smallest absolute Gasteiger partial charge is 0.290 e. The van der Waals surface area contributed by atoms with Crippen molar-refractivity contribution < 1.29 is 14.7 Å². The molecular weight excluding hydrogens is 458 g/mol. The normalized spacial score (nSPS) is 15.7. The first-order valence-electron chi connectivity index (χ1n) is 11.2. The van der Waals surface area contributed by atoms with E-state index in [1.165, 1.54) is 16.2 Å². The zero-order valence-electron chi connectivity index (χ0n) is 19.3. The Hall–Kier alpha value is -4.10. The van der Waals surface area contributed by atoms with Gasteiger partial charge in [-0.2, -0.15) is 0 Å². The van der Waals surface area contributed by atoms with Crippen molar-refractivity contribution in [1.29, 1.82) is 0 Å². The van der Waals surface area contributed by atoms with Crippen LogP contribution in [-0.2, 0) is 11.3 Å². The largest absolute Gasteiger partial charge is 0.503 e. The topological polar surface area (TPSA) is 83.4 Å². The number of carbonyl (C=O) groups excluding carboxylic acids is 2. The first-order chi connectivity index (χ1) is 16.9. The van der Waals surface area contributed by atoms with E-state index in [9.17, 15) is 14.7 Å². The van der Waals surface area contributed by atoms with Gasteiger partial charge in [0.1, 0.15) is 5.01 Å². The van der Waals surface area contributed by atoms with Gasteiger partial charge in [-0.3, -0.25) is 14.6 Å². The first kappa shape index (κ1) is 22.7. The van der Waals surface area contributed by atoms with E-state index >= 15 is 0 Å². The van der Waals surface area contributed by atoms with Crippen LogP contribution in [0.25, 0.3) is 10.6 Å². The summed E-state index contributed by atoms with van der Waals surface area (Å²) >= 11 is 1.27. The number of aliphatic hydroxyl groups excluding tert-OH is 1. The number of benzene rings is 2. The molecule has 0 aliphatic carbocycles. The Morgan fingerprint density at radius 3 is 2.51 bits per heavy atom. The molecule has 35 heavy (non-hydrogen) atoms. The molecule has 1 aliphatic heterocycles. The van der Waals surface area contributed by atoms with Gasteiger partial charge in [0.15, 0.2) is 5.76 Å². The Morgan fingerprint density at radius 1 is 1.03 bits per heavy atom. The van der Waals surface area contributed by atoms with Crippen LogP contribution in [0.5, 0.6) is 0 Å². The van der Waals surface area contributed by atoms with Crippen molar-refractivity contribution in [2.75, 3.05) is 0 Å². The van der Waals surface area contributed by atoms with E-state index in [2.05, 4.69) is 9.97 Å². The van der Waals surface area contributed by atoms with Crippen LogP contribution in [0.3, 0.4) is 0 Å². The predicted octanol–water partition coefficient (Wildman–Crippen LogP) is 5.60. The fourth-order valence-electron chi connectivity index (χ4n) is 4.34. The van der Waals surface area contributed by atoms with Gasteiger partial charge in [-0.25, -0.2) is 4.98 Å². The number of amides is 1. The van der Waals surface area contributed by atoms with Crippen LogP contribution in [0.15, 0.2) is 90.3 Å². The number of hydrogen-bond acceptors (Lipinski definition) is 6. The highest BCUT2D eigenvalue weighted by molar-refractivity contribution is 7.17. The fourth-order valence-corrected chi connectivity index (χ4v) is 5.36. The SMILES string of the molecule is Cc1cccc(C2C(C(=O)c3sc(-c4ccccc4)nc3C)=C(O)C(=O)N2Cc2ccccn2)c1. The Bertz CT molecular complexity index is 1440. The third kappa shape index (κ3) is 4.26. The summed E-state index contributed by atoms with van der Waals surface area (Å²) in [6.07, 6.45) is 1.66. The van der Waals surface area contributed by atoms with E-state index in [-0.39, 0.29) is 17.9 Å². The van der Waals surface area contributed by atoms with Crippen molar-refractivity contribution in [1.82, 2.24) is 14.9 Å². The third-order valence-corrected chi connectivity index (χ3v) is 7.19. The van der Waals surface area contributed by atoms with Crippen molar-refractivity contribution in [3.63, 3.8) is 0 Å². The van der Waals surface area contributed by atoms with E-state index in [1.807, 2.05) is 73.7 Å². The second-order valence-corrected chi connectivity index (χ2v) is 9.46. The van der Waals surface area contributed by atoms with Gasteiger partial charge in [-0.15, -0.1) is 11.3 Å². The van der Waals surface area contributed by atoms with Crippen LogP contribution in [0, 0.1) is 13.8 Å². The van der Waals surface area contributed by atoms with Crippen molar-refractivity contribution >= 4 is 23.0 Å². The molecule has 1 aliphatic rings. The Morgan fingerprint density at radius 2 is 1.80 bits per heavy atom. The van der Waals surface area contributed by atoms with E-state index in [0.29, 0.717) is 21.3 Å². The van der Waals surface area contributed by atoms with Crippen LogP contribution >= 0.6 is 11.3 Å². The summed E-state index contributed by atoms with van der Waals surface area (Å²) in [6.45, 7) is 3.89. The van der Waals surface area contributed by atoms with Crippen molar-refractivity contribution in [2.45, 2.75) is 26.4 Å². The number of nitrogens with zero attached hydrogens (tertiary/aromatic N) is 3. The molecule has 0 saturated carbocycles. The van der Waals surface area contributed by atoms with Gasteiger partial charge in [0.05, 0.1) is 34.4 Å². The zero-order chi connectivity index (χ0) is 24.5. The number of hydrogen-bond donors (Lipinski definition) is 1. The van der Waals surface area contributed by atoms with Crippen LogP contribution in [0.1, 0.15) is 38.2 Å². The molecule has 5 rings (SSSR count). The monoisotopic (exact) mass is 481 g/mol. The summed E-state index contributed by atoms with van der Waals surface area (Å²) in [5.74, 6) is -1.49. The van der Waals surface area contributed by atoms with E-state index in [1.54, 1.807) is 19.2 Å². The lowest BCUT2D eigenvalue weighted by molar-refractivity contribution is -0.130. The lowest BCUT2D eigenvalue weighted by atomic mass is 9.94. The van der Waals surface area contributed by atoms with Crippen molar-refractivity contribution in [2.24, 2.45) is 0 Å². The summed E-state index contributed by atoms with van der Waals surface area (Å²) in [5.41, 5.74) is 3.96. The Balaban J connectivity index is 1.59. The number of aromatic nitrogens is 2. The number of pyridine rings is 1. The third-order valence-electron chi connectivity index (χ3n) is 5.99. The molecule has 2 aromatic carbocycles. The molecule has 0 bridgehead atoms. The minimum atomic E-state index is -0.737. The lowest BCUT2D eigenvalue weighted by Crippen LogP contribution is -2.31. The highest BCUT2D eigenvalue weighted by Gasteiger charge is 2.44. The van der Waals surface area contributed by atoms with Crippen LogP contribution in [0.2, 0.25) is 0 Å². The molecule has 6 nitrogen and oxygen atoms in total. The zero-order valence-corrected chi connectivity index (χ0v) is 20.1. The summed E-state index contributed by atoms with van der Waals surface area (Å²) in [7, 11) is 0. The Kier molecular flexibility index (Phi) is 6.01. The van der Waals surface area contributed by atoms with Gasteiger partial charge in [-0.1, -0.05) is 66.2 Å². The van der Waals surface area contributed by atoms with Crippen LogP contribution in [-0.4, -0.2) is 31.7 Å². The average molecular weight is 482 g/mol. The van der Waals surface area contributed by atoms with Gasteiger partial charge in [0.2, 0.25) is 5.78 Å². The molecule has 4 aromatic rings. The molecule has 0 saturated heterocycles. The molecule has 1 amide bonds. The number of aryl methyl sites for hydroxylation is 2. The molecule has 0 radical (unpaired) electrons. The highest BCUT2D eigenvalue weighted by atomic mass is 32.1. The maximum absolute atomic E-state index is 13.9. The molecule has 2 aromatic heterocycles. The van der Waals surface area contributed by atoms with Crippen LogP contribution in [0.4, 0.5) is 0 Å². The fraction of sp³-hybridized carbons (Fsp3) is 0.143. The van der Waals surface area contributed by atoms with Gasteiger partial charge in [0, 0.05) is 11.8 Å². The quantitative estimate of drug-likeness (QED) is 0.363. The molecule has 1 atom stereocenters. The second kappa shape index (κ2) is 9.27. The van der Waals surface area contributed by atoms with Gasteiger partial charge in [0.25, 0.3) is 5.91 Å². The maximum Gasteiger partial charge on any atom is 0.290 e. The molecule has 1 unspecified atom stereocenters. The minimum Gasteiger partial charge on any atom is -0.503 e. The summed E-state index contributed by atoms with van der Waals surface area (Å²) in [4.78, 5) is 38.0. The average Bonchev–Trinajstić information content (AvgIpc) is 3.38. The number of aliphatic hydroxyl groups is 1. The van der Waals surface area contributed by atoms with Gasteiger partial charge < -0.3 is 10.0 Å². The summed E-state index contributed by atoms with van der Waals surface area (Å²) in [5, 5.41) is 11.7. The van der Waals surface area contributed by atoms with E-state index < -0.39 is 17.7 Å². The Labute approximate surface area is 207 Å². The van der Waals surface area contributed by atoms with Crippen molar-refractivity contribution in [3.8, 4) is 10.6 Å². The van der Waals surface area contributed by atoms with E-state index in [4.69, 9.17) is 0 Å². The minimum absolute atomic E-state index is 0.0721. The summed E-state index contributed by atoms with van der Waals surface area (Å²) in [6, 6.07) is 22.0. The predicted molar refractivity (Wildman–Crippen MR) is 135 cm³/mol. The molecular formula is C28H23N3O3S. The maximum atomic E-state index is 13.9. The summed E-state index contributed by atoms with van der Waals surface area (Å²) < 4.78 is 0. The molecule has 3 heterocycles. The standard InChI is InChI=1S/C28H23N3O3S/c1-17-9-8-12-20(15-17)23-22(25(33)28(34)31(23)16-21-13-6-7-14-29-21)24(32)26-18(2)30-27(35-26)19-10-4-3-5-11-19/h3-15,23,33H,16H2,1-2H3. The molecule has 7 heteroatoms. The highest BCUT2D eigenvalue weighted by Crippen LogP contribution is 2.41. The van der Waals surface area contributed by atoms with Gasteiger partial charge >= 0.3 is 0 Å². The second-order valence-electron chi connectivity index (χ2n) is 8.46. The number of thiazole rings is 1. The molecule has 1 N–H and O–H groups in total. The number of ketones is 1. The van der Waals surface area contributed by atoms with Gasteiger partial charge in [-0.05, 0) is 31.5 Å². The number of carbonyl (C=O) groups is 2. The molecule has 0 spiro atoms. The molecule has 0 fully saturated rings. The molecule has 174 valence electrons. The first-order valence-corrected chi connectivity index (χ1v) is 12.0. The number of rotatable bonds is 6. The lowest BCUT2D eigenvalue weighted by Gasteiger charge is -2.26.